The number of halogens is 4. The van der Waals surface area contributed by atoms with Gasteiger partial charge in [0.05, 0.1) is 47.0 Å². The van der Waals surface area contributed by atoms with Crippen molar-refractivity contribution in [1.29, 1.82) is 0 Å². The quantitative estimate of drug-likeness (QED) is 0.0241. The summed E-state index contributed by atoms with van der Waals surface area (Å²) in [5.74, 6) is -6.75. The molecule has 3 aromatic rings. The van der Waals surface area contributed by atoms with Gasteiger partial charge in [0.15, 0.2) is 10.9 Å². The van der Waals surface area contributed by atoms with Crippen LogP contribution in [0.5, 0.6) is 17.2 Å². The van der Waals surface area contributed by atoms with E-state index in [0.717, 1.165) is 12.0 Å². The maximum Gasteiger partial charge on any atom is 0.326 e. The van der Waals surface area contributed by atoms with Crippen LogP contribution < -0.4 is 20.7 Å². The third-order valence-corrected chi connectivity index (χ3v) is 13.4. The first-order valence-electron chi connectivity index (χ1n) is 20.8. The van der Waals surface area contributed by atoms with Gasteiger partial charge in [-0.1, -0.05) is 18.6 Å². The summed E-state index contributed by atoms with van der Waals surface area (Å²) in [4.78, 5) is 86.5. The Hall–Kier alpha value is -3.96. The van der Waals surface area contributed by atoms with Gasteiger partial charge in [-0.05, 0) is 169 Å². The number of carbonyl (C=O) groups excluding carboxylic acids is 1. The predicted octanol–water partition coefficient (Wildman–Crippen LogP) is 4.50. The van der Waals surface area contributed by atoms with Crippen molar-refractivity contribution in [2.24, 2.45) is 0 Å². The molecule has 0 aliphatic carbocycles. The molecule has 0 aliphatic rings. The number of phenolic OH excluding ortho intramolecular Hbond substituents is 1. The van der Waals surface area contributed by atoms with Crippen molar-refractivity contribution in [3.05, 3.63) is 73.9 Å². The summed E-state index contributed by atoms with van der Waals surface area (Å²) in [6.07, 6.45) is 2.03. The molecule has 0 saturated heterocycles. The normalized spacial score (nSPS) is 12.0. The Balaban J connectivity index is 1.52. The summed E-state index contributed by atoms with van der Waals surface area (Å²) < 4.78 is 8.88. The van der Waals surface area contributed by atoms with Crippen LogP contribution in [0.4, 0.5) is 5.69 Å². The number of anilines is 1. The second kappa shape index (κ2) is 30.0. The van der Waals surface area contributed by atoms with Crippen LogP contribution >= 0.6 is 103 Å². The summed E-state index contributed by atoms with van der Waals surface area (Å²) in [6, 6.07) is 11.8. The fraction of sp³-hybridized carbons (Fsp3) is 0.395. The van der Waals surface area contributed by atoms with Crippen LogP contribution in [-0.4, -0.2) is 168 Å². The maximum absolute atomic E-state index is 12.8. The third-order valence-electron chi connectivity index (χ3n) is 9.86. The van der Waals surface area contributed by atoms with Crippen molar-refractivity contribution in [3.8, 4) is 17.2 Å². The molecule has 3 rings (SSSR count). The number of thiocarbonyl (C=S) groups is 1. The fourth-order valence-corrected chi connectivity index (χ4v) is 10.8. The Bertz CT molecular complexity index is 2250. The summed E-state index contributed by atoms with van der Waals surface area (Å²) >= 11 is 13.7. The van der Waals surface area contributed by atoms with Gasteiger partial charge >= 0.3 is 35.8 Å². The second-order valence-electron chi connectivity index (χ2n) is 15.5. The minimum Gasteiger partial charge on any atom is -0.506 e. The van der Waals surface area contributed by atoms with Crippen molar-refractivity contribution in [3.63, 3.8) is 0 Å². The number of carboxylic acid groups (broad SMARTS) is 6. The number of nitrogens with zero attached hydrogens (tertiary/aromatic N) is 3. The summed E-state index contributed by atoms with van der Waals surface area (Å²) in [5, 5.41) is 76.3. The average molecular weight is 1430 g/mol. The first kappa shape index (κ1) is 59.3. The number of unbranched alkanes of at least 4 members (excludes halogenated alkanes) is 2. The molecule has 69 heavy (non-hydrogen) atoms. The molecule has 0 aromatic heterocycles. The fourth-order valence-electron chi connectivity index (χ4n) is 6.78. The van der Waals surface area contributed by atoms with E-state index in [4.69, 9.17) is 17.0 Å². The van der Waals surface area contributed by atoms with E-state index >= 15 is 0 Å². The largest absolute Gasteiger partial charge is 0.506 e. The molecule has 21 nitrogen and oxygen atoms in total. The van der Waals surface area contributed by atoms with Crippen LogP contribution in [0.15, 0.2) is 48.5 Å². The Morgan fingerprint density at radius 1 is 0.638 bits per heavy atom. The van der Waals surface area contributed by atoms with Crippen LogP contribution in [0, 0.1) is 14.3 Å². The number of carbonyl (C=O) groups is 7. The average Bonchev–Trinajstić information content (AvgIpc) is 3.23. The second-order valence-corrected chi connectivity index (χ2v) is 20.5. The summed E-state index contributed by atoms with van der Waals surface area (Å²) in [5.41, 5.74) is 1.92. The van der Waals surface area contributed by atoms with Gasteiger partial charge in [-0.25, -0.2) is 4.79 Å². The molecule has 0 aliphatic heterocycles. The monoisotopic (exact) mass is 1430 g/mol. The number of rotatable bonds is 31. The topological polar surface area (TPSA) is 316 Å². The van der Waals surface area contributed by atoms with E-state index in [1.165, 1.54) is 9.80 Å². The van der Waals surface area contributed by atoms with Crippen LogP contribution in [0.3, 0.4) is 0 Å². The SMILES string of the molecule is O=C(O)CN(CCN(CC(=O)O)CC(Cc1ccc(NC(=S)NCCCCCC(=O)NC(Cc2cc(I)c(Oc3cc(I)c(O)c(I)c3)c(I)c2)C(=O)O)cc1)N(CC(=O)O)CC(=O)O)CC(=O)O. The summed E-state index contributed by atoms with van der Waals surface area (Å²) in [7, 11) is 0. The highest BCUT2D eigenvalue weighted by atomic mass is 127. The Kier molecular flexibility index (Phi) is 25.8. The predicted molar refractivity (Wildman–Crippen MR) is 288 cm³/mol. The highest BCUT2D eigenvalue weighted by Crippen LogP contribution is 2.37. The molecule has 0 fully saturated rings. The molecule has 0 saturated carbocycles. The van der Waals surface area contributed by atoms with Crippen molar-refractivity contribution in [2.75, 3.05) is 64.2 Å². The lowest BCUT2D eigenvalue weighted by molar-refractivity contribution is -0.144. The standard InChI is InChI=1S/C43H50I4N6O15S/c44-29-16-28(17-30(45)40(29)65)68-41-31(46)13-25(14-32(41)47)15-33(42(66)67)50-34(54)4-2-1-3-9-48-43(69)49-26-7-5-24(6-8-26)12-27(53(22-38(61)62)23-39(63)64)18-51(19-35(55)56)10-11-52(20-36(57)58)21-37(59)60/h5-8,13-14,16-17,27,33,65H,1-4,9-12,15,18-23H2,(H,50,54)(H,55,56)(H,57,58)(H,59,60)(H,61,62)(H,63,64)(H,66,67)(H2,48,49,69). The molecule has 26 heteroatoms. The van der Waals surface area contributed by atoms with Gasteiger partial charge in [0.1, 0.15) is 17.5 Å². The van der Waals surface area contributed by atoms with Gasteiger partial charge in [0.2, 0.25) is 5.91 Å². The smallest absolute Gasteiger partial charge is 0.326 e. The van der Waals surface area contributed by atoms with Crippen molar-refractivity contribution in [1.82, 2.24) is 25.3 Å². The number of carboxylic acids is 6. The van der Waals surface area contributed by atoms with E-state index in [1.54, 1.807) is 36.4 Å². The number of nitrogens with one attached hydrogen (secondary N) is 3. The van der Waals surface area contributed by atoms with E-state index in [2.05, 4.69) is 61.1 Å². The molecule has 1 amide bonds. The molecule has 0 bridgehead atoms. The zero-order chi connectivity index (χ0) is 51.4. The number of phenols is 1. The number of benzene rings is 3. The third kappa shape index (κ3) is 22.8. The van der Waals surface area contributed by atoms with Crippen molar-refractivity contribution >= 4 is 155 Å². The lowest BCUT2D eigenvalue weighted by Crippen LogP contribution is -2.51. The first-order valence-corrected chi connectivity index (χ1v) is 25.5. The van der Waals surface area contributed by atoms with Crippen LogP contribution in [0.1, 0.15) is 36.8 Å². The van der Waals surface area contributed by atoms with Crippen molar-refractivity contribution < 1.29 is 74.0 Å². The zero-order valence-electron chi connectivity index (χ0n) is 36.5. The Labute approximate surface area is 456 Å². The lowest BCUT2D eigenvalue weighted by Gasteiger charge is -2.34. The van der Waals surface area contributed by atoms with E-state index in [9.17, 15) is 69.3 Å². The van der Waals surface area contributed by atoms with Gasteiger partial charge in [0, 0.05) is 50.7 Å². The Morgan fingerprint density at radius 2 is 1.16 bits per heavy atom. The van der Waals surface area contributed by atoms with Gasteiger partial charge in [-0.15, -0.1) is 0 Å². The number of hydrogen-bond acceptors (Lipinski definition) is 13. The van der Waals surface area contributed by atoms with E-state index in [1.807, 2.05) is 57.3 Å². The molecule has 10 N–H and O–H groups in total. The number of ether oxygens (including phenoxy) is 1. The number of aliphatic carboxylic acids is 6. The molecular formula is C43H50I4N6O15S. The minimum absolute atomic E-state index is 0.0577. The molecule has 2 atom stereocenters. The van der Waals surface area contributed by atoms with Crippen LogP contribution in [0.25, 0.3) is 0 Å². The lowest BCUT2D eigenvalue weighted by atomic mass is 10.0. The molecule has 3 aromatic carbocycles. The van der Waals surface area contributed by atoms with Crippen LogP contribution in [-0.2, 0) is 46.4 Å². The van der Waals surface area contributed by atoms with Crippen LogP contribution in [0.2, 0.25) is 0 Å². The molecule has 2 unspecified atom stereocenters. The van der Waals surface area contributed by atoms with Gasteiger partial charge < -0.3 is 56.4 Å². The maximum atomic E-state index is 12.8. The molecule has 0 heterocycles. The molecule has 376 valence electrons. The number of amides is 1. The Morgan fingerprint density at radius 3 is 1.68 bits per heavy atom. The first-order chi connectivity index (χ1) is 32.5. The molecule has 0 radical (unpaired) electrons. The highest BCUT2D eigenvalue weighted by molar-refractivity contribution is 14.1. The van der Waals surface area contributed by atoms with Crippen molar-refractivity contribution in [2.45, 2.75) is 50.6 Å². The highest BCUT2D eigenvalue weighted by Gasteiger charge is 2.28. The summed E-state index contributed by atoms with van der Waals surface area (Å²) in [6.45, 7) is -3.16. The zero-order valence-corrected chi connectivity index (χ0v) is 46.0. The molecular weight excluding hydrogens is 1380 g/mol. The number of hydrogen-bond donors (Lipinski definition) is 10. The minimum atomic E-state index is -1.32. The van der Waals surface area contributed by atoms with Gasteiger partial charge in [-0.3, -0.25) is 43.5 Å². The van der Waals surface area contributed by atoms with E-state index in [0.29, 0.717) is 66.4 Å². The van der Waals surface area contributed by atoms with E-state index < -0.39 is 86.5 Å². The van der Waals surface area contributed by atoms with Gasteiger partial charge in [0.25, 0.3) is 0 Å². The number of aromatic hydroxyl groups is 1. The van der Waals surface area contributed by atoms with E-state index in [-0.39, 0.29) is 44.6 Å². The molecule has 0 spiro atoms. The van der Waals surface area contributed by atoms with Gasteiger partial charge in [-0.2, -0.15) is 0 Å².